The summed E-state index contributed by atoms with van der Waals surface area (Å²) >= 11 is 0. The molecule has 106 valence electrons. The molecular weight excluding hydrogens is 279 g/mol. The molecule has 5 heteroatoms. The Labute approximate surface area is 118 Å². The first-order valence-electron chi connectivity index (χ1n) is 6.25. The molecule has 0 aliphatic heterocycles. The zero-order valence-electron chi connectivity index (χ0n) is 10.8. The summed E-state index contributed by atoms with van der Waals surface area (Å²) in [6.07, 6.45) is -3.09. The fourth-order valence-corrected chi connectivity index (χ4v) is 2.26. The summed E-state index contributed by atoms with van der Waals surface area (Å²) in [6, 6.07) is 15.1. The van der Waals surface area contributed by atoms with Crippen molar-refractivity contribution in [2.45, 2.75) is 6.18 Å². The van der Waals surface area contributed by atoms with Gasteiger partial charge in [0.25, 0.3) is 5.78 Å². The van der Waals surface area contributed by atoms with Crippen LogP contribution >= 0.6 is 0 Å². The number of Topliss-reactive ketones (excluding diaryl/α,β-unsaturated/α-hetero) is 1. The Morgan fingerprint density at radius 3 is 2.33 bits per heavy atom. The van der Waals surface area contributed by atoms with Gasteiger partial charge in [-0.15, -0.1) is 0 Å². The van der Waals surface area contributed by atoms with Crippen molar-refractivity contribution in [2.24, 2.45) is 0 Å². The predicted octanol–water partition coefficient (Wildman–Crippen LogP) is 4.38. The number of aromatic nitrogens is 1. The van der Waals surface area contributed by atoms with Gasteiger partial charge in [0, 0.05) is 22.8 Å². The number of rotatable bonds is 2. The first kappa shape index (κ1) is 13.4. The van der Waals surface area contributed by atoms with Gasteiger partial charge < -0.3 is 4.57 Å². The van der Waals surface area contributed by atoms with E-state index in [1.54, 1.807) is 12.3 Å². The van der Waals surface area contributed by atoms with E-state index in [4.69, 9.17) is 0 Å². The molecule has 0 atom stereocenters. The summed E-state index contributed by atoms with van der Waals surface area (Å²) in [5.41, 5.74) is 1.31. The second-order valence-corrected chi connectivity index (χ2v) is 4.62. The molecule has 0 aliphatic rings. The van der Waals surface area contributed by atoms with Gasteiger partial charge in [-0.1, -0.05) is 18.2 Å². The lowest BCUT2D eigenvalue weighted by Crippen LogP contribution is -2.22. The molecule has 21 heavy (non-hydrogen) atoms. The van der Waals surface area contributed by atoms with Crippen LogP contribution in [0.2, 0.25) is 0 Å². The lowest BCUT2D eigenvalue weighted by molar-refractivity contribution is -0.0885. The zero-order valence-corrected chi connectivity index (χ0v) is 10.8. The highest BCUT2D eigenvalue weighted by Crippen LogP contribution is 2.26. The monoisotopic (exact) mass is 289 g/mol. The number of hydrogen-bond donors (Lipinski definition) is 0. The van der Waals surface area contributed by atoms with Gasteiger partial charge in [0.15, 0.2) is 0 Å². The standard InChI is InChI=1S/C16H10F3NO/c17-16(18,19)15(21)12-6-7-14-11(10-12)8-9-20(14)13-4-2-1-3-5-13/h1-10H. The van der Waals surface area contributed by atoms with Crippen LogP contribution in [0.5, 0.6) is 0 Å². The highest BCUT2D eigenvalue weighted by Gasteiger charge is 2.39. The molecular formula is C16H10F3NO. The number of ketones is 1. The third kappa shape index (κ3) is 2.42. The number of para-hydroxylation sites is 1. The van der Waals surface area contributed by atoms with Crippen LogP contribution in [0.25, 0.3) is 16.6 Å². The second-order valence-electron chi connectivity index (χ2n) is 4.62. The summed E-state index contributed by atoms with van der Waals surface area (Å²) in [7, 11) is 0. The van der Waals surface area contributed by atoms with Gasteiger partial charge in [0.05, 0.1) is 5.52 Å². The molecule has 1 aromatic heterocycles. The Morgan fingerprint density at radius 1 is 0.952 bits per heavy atom. The first-order chi connectivity index (χ1) is 9.97. The maximum absolute atomic E-state index is 12.5. The Bertz CT molecular complexity index is 803. The Kier molecular flexibility index (Phi) is 3.05. The van der Waals surface area contributed by atoms with E-state index >= 15 is 0 Å². The molecule has 3 aromatic rings. The highest BCUT2D eigenvalue weighted by molar-refractivity contribution is 6.03. The molecule has 1 heterocycles. The summed E-state index contributed by atoms with van der Waals surface area (Å²) in [4.78, 5) is 11.3. The van der Waals surface area contributed by atoms with Crippen molar-refractivity contribution in [1.29, 1.82) is 0 Å². The van der Waals surface area contributed by atoms with E-state index in [1.165, 1.54) is 18.2 Å². The fraction of sp³-hybridized carbons (Fsp3) is 0.0625. The minimum atomic E-state index is -4.85. The summed E-state index contributed by atoms with van der Waals surface area (Å²) in [6.45, 7) is 0. The summed E-state index contributed by atoms with van der Waals surface area (Å²) < 4.78 is 39.2. The third-order valence-corrected chi connectivity index (χ3v) is 3.24. The van der Waals surface area contributed by atoms with E-state index in [0.717, 1.165) is 11.2 Å². The van der Waals surface area contributed by atoms with Gasteiger partial charge in [-0.05, 0) is 36.4 Å². The quantitative estimate of drug-likeness (QED) is 0.642. The number of hydrogen-bond acceptors (Lipinski definition) is 1. The molecule has 2 nitrogen and oxygen atoms in total. The first-order valence-corrected chi connectivity index (χ1v) is 6.25. The highest BCUT2D eigenvalue weighted by atomic mass is 19.4. The van der Waals surface area contributed by atoms with Crippen LogP contribution in [0.4, 0.5) is 13.2 Å². The molecule has 0 unspecified atom stereocenters. The number of halogens is 3. The number of carbonyl (C=O) groups excluding carboxylic acids is 1. The molecule has 0 radical (unpaired) electrons. The van der Waals surface area contributed by atoms with Crippen LogP contribution in [0.15, 0.2) is 60.8 Å². The SMILES string of the molecule is O=C(c1ccc2c(ccn2-c2ccccc2)c1)C(F)(F)F. The summed E-state index contributed by atoms with van der Waals surface area (Å²) in [5.74, 6) is -1.82. The van der Waals surface area contributed by atoms with E-state index in [9.17, 15) is 18.0 Å². The summed E-state index contributed by atoms with van der Waals surface area (Å²) in [5, 5.41) is 0.592. The van der Waals surface area contributed by atoms with Gasteiger partial charge in [-0.3, -0.25) is 4.79 Å². The normalized spacial score (nSPS) is 11.8. The van der Waals surface area contributed by atoms with Crippen molar-refractivity contribution in [3.8, 4) is 5.69 Å². The van der Waals surface area contributed by atoms with Gasteiger partial charge in [0.1, 0.15) is 0 Å². The molecule has 0 N–H and O–H groups in total. The topological polar surface area (TPSA) is 22.0 Å². The number of alkyl halides is 3. The van der Waals surface area contributed by atoms with Crippen LogP contribution < -0.4 is 0 Å². The third-order valence-electron chi connectivity index (χ3n) is 3.24. The van der Waals surface area contributed by atoms with Crippen molar-refractivity contribution >= 4 is 16.7 Å². The smallest absolute Gasteiger partial charge is 0.317 e. The van der Waals surface area contributed by atoms with Gasteiger partial charge >= 0.3 is 6.18 Å². The predicted molar refractivity (Wildman–Crippen MR) is 73.7 cm³/mol. The van der Waals surface area contributed by atoms with Gasteiger partial charge in [0.2, 0.25) is 0 Å². The number of benzene rings is 2. The van der Waals surface area contributed by atoms with Crippen LogP contribution in [0, 0.1) is 0 Å². The molecule has 0 bridgehead atoms. The van der Waals surface area contributed by atoms with Crippen LogP contribution in [0.1, 0.15) is 10.4 Å². The molecule has 0 saturated carbocycles. The van der Waals surface area contributed by atoms with Crippen LogP contribution in [-0.2, 0) is 0 Å². The molecule has 3 rings (SSSR count). The molecule has 0 saturated heterocycles. The van der Waals surface area contributed by atoms with Gasteiger partial charge in [-0.25, -0.2) is 0 Å². The van der Waals surface area contributed by atoms with Crippen molar-refractivity contribution in [1.82, 2.24) is 4.57 Å². The maximum atomic E-state index is 12.5. The van der Waals surface area contributed by atoms with E-state index in [-0.39, 0.29) is 5.56 Å². The molecule has 0 fully saturated rings. The number of fused-ring (bicyclic) bond motifs is 1. The van der Waals surface area contributed by atoms with E-state index in [0.29, 0.717) is 5.39 Å². The van der Waals surface area contributed by atoms with Crippen molar-refractivity contribution < 1.29 is 18.0 Å². The molecule has 0 amide bonds. The van der Waals surface area contributed by atoms with E-state index < -0.39 is 12.0 Å². The maximum Gasteiger partial charge on any atom is 0.454 e. The molecule has 2 aromatic carbocycles. The average Bonchev–Trinajstić information content (AvgIpc) is 2.89. The van der Waals surface area contributed by atoms with Crippen molar-refractivity contribution in [3.63, 3.8) is 0 Å². The minimum Gasteiger partial charge on any atom is -0.317 e. The van der Waals surface area contributed by atoms with Crippen molar-refractivity contribution in [3.05, 3.63) is 66.4 Å². The Morgan fingerprint density at radius 2 is 1.67 bits per heavy atom. The second kappa shape index (κ2) is 4.77. The Balaban J connectivity index is 2.09. The Hall–Kier alpha value is -2.56. The number of carbonyl (C=O) groups is 1. The fourth-order valence-electron chi connectivity index (χ4n) is 2.26. The van der Waals surface area contributed by atoms with Gasteiger partial charge in [-0.2, -0.15) is 13.2 Å². The van der Waals surface area contributed by atoms with Crippen LogP contribution in [0.3, 0.4) is 0 Å². The lowest BCUT2D eigenvalue weighted by Gasteiger charge is -2.07. The molecule has 0 aliphatic carbocycles. The van der Waals surface area contributed by atoms with Crippen LogP contribution in [-0.4, -0.2) is 16.5 Å². The molecule has 0 spiro atoms. The average molecular weight is 289 g/mol. The van der Waals surface area contributed by atoms with E-state index in [2.05, 4.69) is 0 Å². The zero-order chi connectivity index (χ0) is 15.0. The largest absolute Gasteiger partial charge is 0.454 e. The lowest BCUT2D eigenvalue weighted by atomic mass is 10.1. The minimum absolute atomic E-state index is 0.346. The van der Waals surface area contributed by atoms with Crippen molar-refractivity contribution in [2.75, 3.05) is 0 Å². The number of nitrogens with zero attached hydrogens (tertiary/aromatic N) is 1. The van der Waals surface area contributed by atoms with E-state index in [1.807, 2.05) is 34.9 Å².